The van der Waals surface area contributed by atoms with Gasteiger partial charge in [0.15, 0.2) is 6.10 Å². The molecule has 0 aromatic rings. The lowest BCUT2D eigenvalue weighted by Crippen LogP contribution is -2.30. The van der Waals surface area contributed by atoms with Gasteiger partial charge in [0, 0.05) is 19.3 Å². The second-order valence-electron chi connectivity index (χ2n) is 24.5. The molecule has 0 aliphatic heterocycles. The lowest BCUT2D eigenvalue weighted by molar-refractivity contribution is -0.167. The SMILES string of the molecule is CC/C=C\C/C=C\C/C=C\C/C=C\CCCCCCCCCCC(=O)OC(COC(=O)CCCCCCC/C=C\C/C=C\CCCCC)COC(=O)CCCCCCCCCCCCCCCCCCCCCCCCCCCCCCC. The fourth-order valence-electron chi connectivity index (χ4n) is 10.8. The van der Waals surface area contributed by atoms with Gasteiger partial charge in [-0.3, -0.25) is 14.4 Å². The van der Waals surface area contributed by atoms with Gasteiger partial charge < -0.3 is 14.2 Å². The third-order valence-corrected chi connectivity index (χ3v) is 16.2. The van der Waals surface area contributed by atoms with Gasteiger partial charge in [-0.15, -0.1) is 0 Å². The fraction of sp³-hybridized carbons (Fsp3) is 0.805. The standard InChI is InChI=1S/C77H138O6/c1-4-7-10-13-16-19-22-25-28-30-32-34-35-36-37-38-39-40-41-43-44-46-49-52-55-58-61-64-67-70-76(79)82-73-74(72-81-75(78)69-66-63-60-57-54-51-48-27-24-21-18-15-12-9-6-3)83-77(80)71-68-65-62-59-56-53-50-47-45-42-33-31-29-26-23-20-17-14-11-8-5-2/h8,11,17-18,20-21,26-27,29,33,42,48,74H,4-7,9-10,12-16,19,22-25,28,30-32,34-41,43-47,49-73H2,1-3H3/b11-8-,20-17-,21-18-,29-26-,42-33-,48-27-. The summed E-state index contributed by atoms with van der Waals surface area (Å²) in [6.07, 6.45) is 93.7. The second-order valence-corrected chi connectivity index (χ2v) is 24.5. The summed E-state index contributed by atoms with van der Waals surface area (Å²) >= 11 is 0. The van der Waals surface area contributed by atoms with Crippen LogP contribution in [-0.2, 0) is 28.6 Å². The first-order valence-electron chi connectivity index (χ1n) is 36.4. The fourth-order valence-corrected chi connectivity index (χ4v) is 10.8. The van der Waals surface area contributed by atoms with Gasteiger partial charge in [0.05, 0.1) is 0 Å². The van der Waals surface area contributed by atoms with Gasteiger partial charge in [0.2, 0.25) is 0 Å². The molecule has 6 nitrogen and oxygen atoms in total. The first kappa shape index (κ1) is 79.8. The summed E-state index contributed by atoms with van der Waals surface area (Å²) in [4.78, 5) is 38.5. The molecule has 1 atom stereocenters. The lowest BCUT2D eigenvalue weighted by Gasteiger charge is -2.18. The van der Waals surface area contributed by atoms with Crippen molar-refractivity contribution in [3.8, 4) is 0 Å². The van der Waals surface area contributed by atoms with Gasteiger partial charge in [-0.1, -0.05) is 344 Å². The van der Waals surface area contributed by atoms with Crippen molar-refractivity contribution in [3.05, 3.63) is 72.9 Å². The number of carbonyl (C=O) groups is 3. The van der Waals surface area contributed by atoms with E-state index in [-0.39, 0.29) is 31.1 Å². The van der Waals surface area contributed by atoms with Crippen LogP contribution in [0.25, 0.3) is 0 Å². The van der Waals surface area contributed by atoms with E-state index < -0.39 is 6.10 Å². The molecule has 0 spiro atoms. The van der Waals surface area contributed by atoms with Crippen molar-refractivity contribution in [2.45, 2.75) is 386 Å². The molecule has 0 bridgehead atoms. The molecule has 0 heterocycles. The number of hydrogen-bond acceptors (Lipinski definition) is 6. The number of hydrogen-bond donors (Lipinski definition) is 0. The third kappa shape index (κ3) is 69.5. The molecular formula is C77H138O6. The van der Waals surface area contributed by atoms with Gasteiger partial charge >= 0.3 is 17.9 Å². The summed E-state index contributed by atoms with van der Waals surface area (Å²) in [6.45, 7) is 6.54. The maximum atomic E-state index is 13.0. The van der Waals surface area contributed by atoms with Gasteiger partial charge in [-0.05, 0) is 89.9 Å². The highest BCUT2D eigenvalue weighted by Gasteiger charge is 2.19. The average molecular weight is 1160 g/mol. The number of esters is 3. The van der Waals surface area contributed by atoms with Crippen LogP contribution in [-0.4, -0.2) is 37.2 Å². The molecule has 482 valence electrons. The third-order valence-electron chi connectivity index (χ3n) is 16.2. The van der Waals surface area contributed by atoms with Crippen molar-refractivity contribution in [2.24, 2.45) is 0 Å². The molecule has 1 unspecified atom stereocenters. The zero-order valence-electron chi connectivity index (χ0n) is 55.5. The predicted octanol–water partition coefficient (Wildman–Crippen LogP) is 25.2. The molecule has 0 saturated heterocycles. The first-order valence-corrected chi connectivity index (χ1v) is 36.4. The number of ether oxygens (including phenoxy) is 3. The molecule has 0 aromatic heterocycles. The molecule has 0 N–H and O–H groups in total. The Morgan fingerprint density at radius 1 is 0.253 bits per heavy atom. The number of allylic oxidation sites excluding steroid dienone is 12. The minimum absolute atomic E-state index is 0.0800. The van der Waals surface area contributed by atoms with Crippen LogP contribution in [0.15, 0.2) is 72.9 Å². The topological polar surface area (TPSA) is 78.9 Å². The summed E-state index contributed by atoms with van der Waals surface area (Å²) in [7, 11) is 0. The van der Waals surface area contributed by atoms with Crippen LogP contribution in [0.3, 0.4) is 0 Å². The quantitative estimate of drug-likeness (QED) is 0.0261. The van der Waals surface area contributed by atoms with Crippen LogP contribution in [0.5, 0.6) is 0 Å². The minimum Gasteiger partial charge on any atom is -0.462 e. The highest BCUT2D eigenvalue weighted by Crippen LogP contribution is 2.18. The van der Waals surface area contributed by atoms with E-state index in [0.29, 0.717) is 19.3 Å². The van der Waals surface area contributed by atoms with E-state index in [1.807, 2.05) is 0 Å². The van der Waals surface area contributed by atoms with E-state index in [1.54, 1.807) is 0 Å². The second kappa shape index (κ2) is 71.3. The predicted molar refractivity (Wildman–Crippen MR) is 362 cm³/mol. The molecule has 6 heteroatoms. The van der Waals surface area contributed by atoms with Crippen LogP contribution in [0, 0.1) is 0 Å². The molecular weight excluding hydrogens is 1020 g/mol. The summed E-state index contributed by atoms with van der Waals surface area (Å²) < 4.78 is 17.0. The maximum Gasteiger partial charge on any atom is 0.306 e. The van der Waals surface area contributed by atoms with Crippen molar-refractivity contribution in [1.82, 2.24) is 0 Å². The summed E-state index contributed by atoms with van der Waals surface area (Å²) in [5.41, 5.74) is 0. The molecule has 0 radical (unpaired) electrons. The van der Waals surface area contributed by atoms with E-state index in [9.17, 15) is 14.4 Å². The van der Waals surface area contributed by atoms with Gasteiger partial charge in [0.1, 0.15) is 13.2 Å². The average Bonchev–Trinajstić information content (AvgIpc) is 3.49. The summed E-state index contributed by atoms with van der Waals surface area (Å²) in [5, 5.41) is 0. The molecule has 0 saturated carbocycles. The lowest BCUT2D eigenvalue weighted by atomic mass is 10.0. The van der Waals surface area contributed by atoms with Crippen LogP contribution in [0.2, 0.25) is 0 Å². The van der Waals surface area contributed by atoms with E-state index in [1.165, 1.54) is 231 Å². The Morgan fingerprint density at radius 3 is 0.759 bits per heavy atom. The van der Waals surface area contributed by atoms with Crippen molar-refractivity contribution < 1.29 is 28.6 Å². The van der Waals surface area contributed by atoms with Crippen LogP contribution >= 0.6 is 0 Å². The van der Waals surface area contributed by atoms with Crippen molar-refractivity contribution in [1.29, 1.82) is 0 Å². The molecule has 0 fully saturated rings. The Kier molecular flexibility index (Phi) is 68.6. The molecule has 0 rings (SSSR count). The molecule has 0 aliphatic rings. The highest BCUT2D eigenvalue weighted by molar-refractivity contribution is 5.71. The largest absolute Gasteiger partial charge is 0.462 e. The van der Waals surface area contributed by atoms with Gasteiger partial charge in [-0.25, -0.2) is 0 Å². The van der Waals surface area contributed by atoms with Crippen LogP contribution < -0.4 is 0 Å². The first-order chi connectivity index (χ1) is 41.0. The monoisotopic (exact) mass is 1160 g/mol. The Labute approximate surface area is 516 Å². The van der Waals surface area contributed by atoms with E-state index >= 15 is 0 Å². The van der Waals surface area contributed by atoms with E-state index in [4.69, 9.17) is 14.2 Å². The molecule has 0 aliphatic carbocycles. The number of unbranched alkanes of at least 4 members (excludes halogenated alkanes) is 44. The smallest absolute Gasteiger partial charge is 0.306 e. The Bertz CT molecular complexity index is 1520. The number of rotatable bonds is 67. The van der Waals surface area contributed by atoms with Gasteiger partial charge in [-0.2, -0.15) is 0 Å². The highest BCUT2D eigenvalue weighted by atomic mass is 16.6. The maximum absolute atomic E-state index is 13.0. The van der Waals surface area contributed by atoms with Crippen LogP contribution in [0.4, 0.5) is 0 Å². The summed E-state index contributed by atoms with van der Waals surface area (Å²) in [6, 6.07) is 0. The van der Waals surface area contributed by atoms with Crippen molar-refractivity contribution >= 4 is 17.9 Å². The minimum atomic E-state index is -0.787. The zero-order valence-corrected chi connectivity index (χ0v) is 55.5. The summed E-state index contributed by atoms with van der Waals surface area (Å²) in [5.74, 6) is -0.881. The van der Waals surface area contributed by atoms with E-state index in [0.717, 1.165) is 109 Å². The molecule has 0 amide bonds. The van der Waals surface area contributed by atoms with Crippen molar-refractivity contribution in [2.75, 3.05) is 13.2 Å². The van der Waals surface area contributed by atoms with Gasteiger partial charge in [0.25, 0.3) is 0 Å². The van der Waals surface area contributed by atoms with Crippen LogP contribution in [0.1, 0.15) is 380 Å². The Morgan fingerprint density at radius 2 is 0.470 bits per heavy atom. The molecule has 0 aromatic carbocycles. The normalized spacial score (nSPS) is 12.5. The number of carbonyl (C=O) groups excluding carboxylic acids is 3. The van der Waals surface area contributed by atoms with E-state index in [2.05, 4.69) is 93.7 Å². The zero-order chi connectivity index (χ0) is 59.9. The Balaban J connectivity index is 4.25. The Hall–Kier alpha value is -3.15. The van der Waals surface area contributed by atoms with Crippen molar-refractivity contribution in [3.63, 3.8) is 0 Å². The molecule has 83 heavy (non-hydrogen) atoms.